The fourth-order valence-corrected chi connectivity index (χ4v) is 2.41. The summed E-state index contributed by atoms with van der Waals surface area (Å²) in [6.45, 7) is 7.40. The predicted octanol–water partition coefficient (Wildman–Crippen LogP) is 3.63. The van der Waals surface area contributed by atoms with Gasteiger partial charge in [-0.25, -0.2) is 9.97 Å². The average molecular weight is 326 g/mol. The van der Waals surface area contributed by atoms with Crippen molar-refractivity contribution in [3.05, 3.63) is 52.8 Å². The topological polar surface area (TPSA) is 66.9 Å². The van der Waals surface area contributed by atoms with E-state index in [4.69, 9.17) is 0 Å². The number of amides is 1. The van der Waals surface area contributed by atoms with Gasteiger partial charge in [-0.05, 0) is 37.5 Å². The van der Waals surface area contributed by atoms with Gasteiger partial charge in [-0.3, -0.25) is 4.79 Å². The van der Waals surface area contributed by atoms with Gasteiger partial charge in [0, 0.05) is 18.8 Å². The van der Waals surface area contributed by atoms with Crippen molar-refractivity contribution >= 4 is 11.9 Å². The highest BCUT2D eigenvalue weighted by molar-refractivity contribution is 5.92. The highest BCUT2D eigenvalue weighted by atomic mass is 16.1. The molecule has 0 unspecified atom stereocenters. The first-order chi connectivity index (χ1) is 11.6. The van der Waals surface area contributed by atoms with Gasteiger partial charge in [0.1, 0.15) is 5.69 Å². The molecule has 2 aromatic rings. The Morgan fingerprint density at radius 1 is 1.12 bits per heavy atom. The molecule has 1 amide bonds. The lowest BCUT2D eigenvalue weighted by molar-refractivity contribution is 0.0948. The minimum Gasteiger partial charge on any atom is -0.351 e. The number of unbranched alkanes of at least 4 members (excludes halogenated alkanes) is 2. The standard InChI is InChI=1S/C19H26N4O/c1-4-5-8-11-20-18(24)17-12-15(3)22-19(23-17)21-13-16-10-7-6-9-14(16)2/h6-7,9-10,12H,4-5,8,11,13H2,1-3H3,(H,20,24)(H,21,22,23). The molecule has 0 atom stereocenters. The molecule has 128 valence electrons. The van der Waals surface area contributed by atoms with Crippen LogP contribution in [-0.4, -0.2) is 22.4 Å². The Labute approximate surface area is 143 Å². The van der Waals surface area contributed by atoms with Crippen LogP contribution < -0.4 is 10.6 Å². The molecule has 0 aliphatic rings. The summed E-state index contributed by atoms with van der Waals surface area (Å²) in [5, 5.41) is 6.13. The van der Waals surface area contributed by atoms with Gasteiger partial charge in [-0.1, -0.05) is 44.0 Å². The lowest BCUT2D eigenvalue weighted by atomic mass is 10.1. The summed E-state index contributed by atoms with van der Waals surface area (Å²) in [6.07, 6.45) is 3.24. The second-order valence-corrected chi connectivity index (χ2v) is 5.96. The van der Waals surface area contributed by atoms with Crippen molar-refractivity contribution in [1.82, 2.24) is 15.3 Å². The van der Waals surface area contributed by atoms with Crippen molar-refractivity contribution in [1.29, 1.82) is 0 Å². The molecule has 0 radical (unpaired) electrons. The van der Waals surface area contributed by atoms with E-state index in [0.717, 1.165) is 25.0 Å². The number of rotatable bonds is 8. The molecule has 0 fully saturated rings. The predicted molar refractivity (Wildman–Crippen MR) is 97.1 cm³/mol. The van der Waals surface area contributed by atoms with Crippen molar-refractivity contribution in [3.8, 4) is 0 Å². The number of hydrogen-bond acceptors (Lipinski definition) is 4. The second kappa shape index (κ2) is 9.01. The summed E-state index contributed by atoms with van der Waals surface area (Å²) in [6, 6.07) is 9.89. The fourth-order valence-electron chi connectivity index (χ4n) is 2.41. The summed E-state index contributed by atoms with van der Waals surface area (Å²) < 4.78 is 0. The van der Waals surface area contributed by atoms with Crippen LogP contribution in [0.2, 0.25) is 0 Å². The number of aryl methyl sites for hydroxylation is 2. The molecule has 24 heavy (non-hydrogen) atoms. The Morgan fingerprint density at radius 3 is 2.67 bits per heavy atom. The smallest absolute Gasteiger partial charge is 0.270 e. The van der Waals surface area contributed by atoms with Crippen molar-refractivity contribution in [3.63, 3.8) is 0 Å². The number of benzene rings is 1. The number of hydrogen-bond donors (Lipinski definition) is 2. The molecule has 1 heterocycles. The number of anilines is 1. The number of carbonyl (C=O) groups is 1. The first kappa shape index (κ1) is 17.9. The first-order valence-electron chi connectivity index (χ1n) is 8.52. The number of nitrogens with one attached hydrogen (secondary N) is 2. The van der Waals surface area contributed by atoms with E-state index in [0.29, 0.717) is 24.7 Å². The van der Waals surface area contributed by atoms with Crippen LogP contribution in [0.25, 0.3) is 0 Å². The third-order valence-electron chi connectivity index (χ3n) is 3.85. The van der Waals surface area contributed by atoms with Gasteiger partial charge in [0.25, 0.3) is 5.91 Å². The lowest BCUT2D eigenvalue weighted by Gasteiger charge is -2.10. The number of aromatic nitrogens is 2. The minimum absolute atomic E-state index is 0.143. The van der Waals surface area contributed by atoms with E-state index in [-0.39, 0.29) is 5.91 Å². The summed E-state index contributed by atoms with van der Waals surface area (Å²) in [5.74, 6) is 0.340. The van der Waals surface area contributed by atoms with E-state index >= 15 is 0 Å². The first-order valence-corrected chi connectivity index (χ1v) is 8.52. The fraction of sp³-hybridized carbons (Fsp3) is 0.421. The molecule has 0 saturated heterocycles. The summed E-state index contributed by atoms with van der Waals surface area (Å²) in [5.41, 5.74) is 3.59. The number of carbonyl (C=O) groups excluding carboxylic acids is 1. The van der Waals surface area contributed by atoms with Crippen LogP contribution >= 0.6 is 0 Å². The maximum atomic E-state index is 12.2. The van der Waals surface area contributed by atoms with Gasteiger partial charge < -0.3 is 10.6 Å². The van der Waals surface area contributed by atoms with E-state index < -0.39 is 0 Å². The third kappa shape index (κ3) is 5.33. The summed E-state index contributed by atoms with van der Waals surface area (Å²) in [7, 11) is 0. The van der Waals surface area contributed by atoms with Gasteiger partial charge in [0.2, 0.25) is 5.95 Å². The van der Waals surface area contributed by atoms with Crippen LogP contribution in [0.3, 0.4) is 0 Å². The average Bonchev–Trinajstić information content (AvgIpc) is 2.57. The molecule has 1 aromatic heterocycles. The van der Waals surface area contributed by atoms with E-state index in [2.05, 4.69) is 46.6 Å². The van der Waals surface area contributed by atoms with E-state index in [1.54, 1.807) is 6.07 Å². The normalized spacial score (nSPS) is 10.5. The van der Waals surface area contributed by atoms with Crippen LogP contribution in [-0.2, 0) is 6.54 Å². The van der Waals surface area contributed by atoms with Crippen molar-refractivity contribution < 1.29 is 4.79 Å². The highest BCUT2D eigenvalue weighted by Gasteiger charge is 2.10. The quantitative estimate of drug-likeness (QED) is 0.727. The lowest BCUT2D eigenvalue weighted by Crippen LogP contribution is -2.26. The summed E-state index contributed by atoms with van der Waals surface area (Å²) in [4.78, 5) is 20.9. The molecule has 2 N–H and O–H groups in total. The molecular weight excluding hydrogens is 300 g/mol. The minimum atomic E-state index is -0.143. The van der Waals surface area contributed by atoms with Crippen molar-refractivity contribution in [2.24, 2.45) is 0 Å². The number of nitrogens with zero attached hydrogens (tertiary/aromatic N) is 2. The molecule has 2 rings (SSSR count). The Bertz CT molecular complexity index is 685. The molecular formula is C19H26N4O. The molecule has 0 aliphatic heterocycles. The largest absolute Gasteiger partial charge is 0.351 e. The van der Waals surface area contributed by atoms with Crippen LogP contribution in [0.5, 0.6) is 0 Å². The van der Waals surface area contributed by atoms with Crippen molar-refractivity contribution in [2.75, 3.05) is 11.9 Å². The highest BCUT2D eigenvalue weighted by Crippen LogP contribution is 2.10. The monoisotopic (exact) mass is 326 g/mol. The van der Waals surface area contributed by atoms with Crippen molar-refractivity contribution in [2.45, 2.75) is 46.6 Å². The molecule has 0 saturated carbocycles. The van der Waals surface area contributed by atoms with E-state index in [9.17, 15) is 4.79 Å². The Hall–Kier alpha value is -2.43. The van der Waals surface area contributed by atoms with Crippen LogP contribution in [0.1, 0.15) is 53.5 Å². The van der Waals surface area contributed by atoms with Gasteiger partial charge >= 0.3 is 0 Å². The molecule has 1 aromatic carbocycles. The molecule has 0 spiro atoms. The molecule has 0 aliphatic carbocycles. The van der Waals surface area contributed by atoms with Crippen LogP contribution in [0.4, 0.5) is 5.95 Å². The maximum absolute atomic E-state index is 12.2. The second-order valence-electron chi connectivity index (χ2n) is 5.96. The maximum Gasteiger partial charge on any atom is 0.270 e. The van der Waals surface area contributed by atoms with Gasteiger partial charge in [0.05, 0.1) is 0 Å². The molecule has 5 nitrogen and oxygen atoms in total. The third-order valence-corrected chi connectivity index (χ3v) is 3.85. The zero-order valence-corrected chi connectivity index (χ0v) is 14.7. The summed E-state index contributed by atoms with van der Waals surface area (Å²) >= 11 is 0. The zero-order valence-electron chi connectivity index (χ0n) is 14.7. The van der Waals surface area contributed by atoms with E-state index in [1.165, 1.54) is 11.1 Å². The molecule has 0 bridgehead atoms. The Morgan fingerprint density at radius 2 is 1.92 bits per heavy atom. The van der Waals surface area contributed by atoms with Crippen LogP contribution in [0.15, 0.2) is 30.3 Å². The Balaban J connectivity index is 2.00. The van der Waals surface area contributed by atoms with Gasteiger partial charge in [0.15, 0.2) is 0 Å². The van der Waals surface area contributed by atoms with Crippen LogP contribution in [0, 0.1) is 13.8 Å². The zero-order chi connectivity index (χ0) is 17.4. The van der Waals surface area contributed by atoms with Gasteiger partial charge in [-0.2, -0.15) is 0 Å². The SMILES string of the molecule is CCCCCNC(=O)c1cc(C)nc(NCc2ccccc2C)n1. The van der Waals surface area contributed by atoms with E-state index in [1.807, 2.05) is 19.1 Å². The molecule has 5 heteroatoms. The Kier molecular flexibility index (Phi) is 6.73. The van der Waals surface area contributed by atoms with Gasteiger partial charge in [-0.15, -0.1) is 0 Å².